The minimum atomic E-state index is -3.70. The van der Waals surface area contributed by atoms with Crippen molar-refractivity contribution < 1.29 is 13.2 Å². The molecular formula is C11H16N4O3S2. The van der Waals surface area contributed by atoms with Crippen molar-refractivity contribution in [3.63, 3.8) is 0 Å². The maximum absolute atomic E-state index is 12.8. The average Bonchev–Trinajstić information content (AvgIpc) is 3.03. The van der Waals surface area contributed by atoms with E-state index in [1.165, 1.54) is 20.0 Å². The van der Waals surface area contributed by atoms with Crippen molar-refractivity contribution >= 4 is 32.1 Å². The second kappa shape index (κ2) is 4.69. The number of nitrogens with zero attached hydrogens (tertiary/aromatic N) is 3. The second-order valence-electron chi connectivity index (χ2n) is 4.81. The topological polar surface area (TPSA) is 89.9 Å². The van der Waals surface area contributed by atoms with Crippen LogP contribution in [-0.2, 0) is 14.8 Å². The number of anilines is 1. The first kappa shape index (κ1) is 13.8. The van der Waals surface area contributed by atoms with Crippen LogP contribution >= 0.6 is 11.3 Å². The van der Waals surface area contributed by atoms with Gasteiger partial charge in [0.25, 0.3) is 10.0 Å². The van der Waals surface area contributed by atoms with Crippen LogP contribution in [0.3, 0.4) is 0 Å². The molecule has 20 heavy (non-hydrogen) atoms. The lowest BCUT2D eigenvalue weighted by atomic mass is 10.2. The monoisotopic (exact) mass is 316 g/mol. The average molecular weight is 316 g/mol. The molecule has 7 nitrogen and oxygen atoms in total. The molecule has 2 atom stereocenters. The molecule has 110 valence electrons. The molecule has 2 N–H and O–H groups in total. The number of likely N-dealkylation sites (N-methyl/N-ethyl adjacent to an activating group) is 1. The SMILES string of the molecule is CC1OCCC1N(C)S(=O)(=O)c1c(N)nc2sccn12. The Morgan fingerprint density at radius 3 is 3.00 bits per heavy atom. The van der Waals surface area contributed by atoms with E-state index >= 15 is 0 Å². The van der Waals surface area contributed by atoms with Crippen LogP contribution in [0.5, 0.6) is 0 Å². The first-order valence-corrected chi connectivity index (χ1v) is 8.55. The van der Waals surface area contributed by atoms with Gasteiger partial charge >= 0.3 is 0 Å². The van der Waals surface area contributed by atoms with Gasteiger partial charge in [-0.1, -0.05) is 0 Å². The Bertz CT molecular complexity index is 736. The van der Waals surface area contributed by atoms with Gasteiger partial charge < -0.3 is 10.5 Å². The molecular weight excluding hydrogens is 300 g/mol. The third-order valence-corrected chi connectivity index (χ3v) is 6.35. The van der Waals surface area contributed by atoms with Gasteiger partial charge in [-0.15, -0.1) is 11.3 Å². The third-order valence-electron chi connectivity index (χ3n) is 3.67. The van der Waals surface area contributed by atoms with Crippen molar-refractivity contribution in [2.75, 3.05) is 19.4 Å². The number of fused-ring (bicyclic) bond motifs is 1. The summed E-state index contributed by atoms with van der Waals surface area (Å²) in [4.78, 5) is 4.66. The first-order chi connectivity index (χ1) is 9.43. The predicted molar refractivity (Wildman–Crippen MR) is 76.2 cm³/mol. The van der Waals surface area contributed by atoms with E-state index in [1.807, 2.05) is 6.92 Å². The van der Waals surface area contributed by atoms with E-state index in [-0.39, 0.29) is 23.0 Å². The fraction of sp³-hybridized carbons (Fsp3) is 0.545. The summed E-state index contributed by atoms with van der Waals surface area (Å²) in [5.41, 5.74) is 5.79. The summed E-state index contributed by atoms with van der Waals surface area (Å²) in [5, 5.41) is 1.82. The number of rotatable bonds is 3. The van der Waals surface area contributed by atoms with Crippen LogP contribution in [0.25, 0.3) is 4.96 Å². The number of ether oxygens (including phenoxy) is 1. The lowest BCUT2D eigenvalue weighted by Crippen LogP contribution is -2.41. The van der Waals surface area contributed by atoms with Gasteiger partial charge in [0, 0.05) is 25.2 Å². The Hall–Kier alpha value is -1.16. The Morgan fingerprint density at radius 1 is 1.60 bits per heavy atom. The number of aromatic nitrogens is 2. The quantitative estimate of drug-likeness (QED) is 0.903. The van der Waals surface area contributed by atoms with Crippen LogP contribution in [0.2, 0.25) is 0 Å². The summed E-state index contributed by atoms with van der Waals surface area (Å²) in [7, 11) is -2.14. The van der Waals surface area contributed by atoms with Crippen molar-refractivity contribution in [1.82, 2.24) is 13.7 Å². The van der Waals surface area contributed by atoms with Crippen LogP contribution in [0, 0.1) is 0 Å². The van der Waals surface area contributed by atoms with E-state index in [0.29, 0.717) is 18.0 Å². The molecule has 1 aliphatic heterocycles. The molecule has 0 saturated carbocycles. The molecule has 0 bridgehead atoms. The molecule has 0 amide bonds. The van der Waals surface area contributed by atoms with Gasteiger partial charge in [-0.05, 0) is 13.3 Å². The van der Waals surface area contributed by atoms with Crippen LogP contribution in [0.1, 0.15) is 13.3 Å². The lowest BCUT2D eigenvalue weighted by Gasteiger charge is -2.25. The Kier molecular flexibility index (Phi) is 3.24. The Labute approximate surface area is 121 Å². The van der Waals surface area contributed by atoms with Crippen molar-refractivity contribution in [1.29, 1.82) is 0 Å². The fourth-order valence-corrected chi connectivity index (χ4v) is 4.94. The molecule has 9 heteroatoms. The minimum Gasteiger partial charge on any atom is -0.381 e. The molecule has 0 aromatic carbocycles. The van der Waals surface area contributed by atoms with Gasteiger partial charge in [0.2, 0.25) is 0 Å². The highest BCUT2D eigenvalue weighted by Gasteiger charge is 2.38. The highest BCUT2D eigenvalue weighted by molar-refractivity contribution is 7.89. The lowest BCUT2D eigenvalue weighted by molar-refractivity contribution is 0.102. The van der Waals surface area contributed by atoms with E-state index in [0.717, 1.165) is 0 Å². The van der Waals surface area contributed by atoms with E-state index in [9.17, 15) is 8.42 Å². The molecule has 2 aromatic heterocycles. The van der Waals surface area contributed by atoms with Gasteiger partial charge in [0.1, 0.15) is 0 Å². The van der Waals surface area contributed by atoms with Crippen molar-refractivity contribution in [2.45, 2.75) is 30.5 Å². The van der Waals surface area contributed by atoms with Crippen molar-refractivity contribution in [3.8, 4) is 0 Å². The highest BCUT2D eigenvalue weighted by atomic mass is 32.2. The molecule has 1 aliphatic rings. The molecule has 0 radical (unpaired) electrons. The van der Waals surface area contributed by atoms with E-state index in [2.05, 4.69) is 4.98 Å². The zero-order valence-electron chi connectivity index (χ0n) is 11.2. The van der Waals surface area contributed by atoms with Crippen LogP contribution in [0.15, 0.2) is 16.6 Å². The normalized spacial score (nSPS) is 23.9. The summed E-state index contributed by atoms with van der Waals surface area (Å²) in [6.07, 6.45) is 2.23. The minimum absolute atomic E-state index is 0.0373. The van der Waals surface area contributed by atoms with E-state index in [1.54, 1.807) is 18.6 Å². The Morgan fingerprint density at radius 2 is 2.35 bits per heavy atom. The maximum Gasteiger partial charge on any atom is 0.262 e. The molecule has 0 aliphatic carbocycles. The summed E-state index contributed by atoms with van der Waals surface area (Å²) in [6, 6.07) is -0.177. The molecule has 3 heterocycles. The number of nitrogens with two attached hydrogens (primary N) is 1. The number of hydrogen-bond donors (Lipinski definition) is 1. The van der Waals surface area contributed by atoms with Crippen molar-refractivity contribution in [3.05, 3.63) is 11.6 Å². The standard InChI is InChI=1S/C11H16N4O3S2/c1-7-8(3-5-18-7)14(2)20(16,17)10-9(12)13-11-15(10)4-6-19-11/h4,6-8H,3,5,12H2,1-2H3. The molecule has 1 saturated heterocycles. The van der Waals surface area contributed by atoms with Crippen molar-refractivity contribution in [2.24, 2.45) is 0 Å². The smallest absolute Gasteiger partial charge is 0.262 e. The zero-order valence-corrected chi connectivity index (χ0v) is 12.8. The fourth-order valence-electron chi connectivity index (χ4n) is 2.55. The Balaban J connectivity index is 2.07. The summed E-state index contributed by atoms with van der Waals surface area (Å²) in [5.74, 6) is 0.0373. The predicted octanol–water partition coefficient (Wildman–Crippen LogP) is 0.776. The van der Waals surface area contributed by atoms with Gasteiger partial charge in [-0.3, -0.25) is 4.40 Å². The highest BCUT2D eigenvalue weighted by Crippen LogP contribution is 2.29. The van der Waals surface area contributed by atoms with Gasteiger partial charge in [-0.2, -0.15) is 4.31 Å². The summed E-state index contributed by atoms with van der Waals surface area (Å²) in [6.45, 7) is 2.45. The molecule has 3 rings (SSSR count). The third kappa shape index (κ3) is 1.93. The number of thiazole rings is 1. The van der Waals surface area contributed by atoms with Crippen LogP contribution in [-0.4, -0.2) is 47.9 Å². The molecule has 2 unspecified atom stereocenters. The van der Waals surface area contributed by atoms with Gasteiger partial charge in [0.15, 0.2) is 15.8 Å². The summed E-state index contributed by atoms with van der Waals surface area (Å²) >= 11 is 1.35. The number of imidazole rings is 1. The molecule has 2 aromatic rings. The first-order valence-electron chi connectivity index (χ1n) is 6.23. The van der Waals surface area contributed by atoms with Gasteiger partial charge in [-0.25, -0.2) is 13.4 Å². The summed E-state index contributed by atoms with van der Waals surface area (Å²) < 4.78 is 33.9. The maximum atomic E-state index is 12.8. The largest absolute Gasteiger partial charge is 0.381 e. The number of sulfonamides is 1. The van der Waals surface area contributed by atoms with E-state index < -0.39 is 10.0 Å². The van der Waals surface area contributed by atoms with E-state index in [4.69, 9.17) is 10.5 Å². The molecule has 0 spiro atoms. The molecule has 1 fully saturated rings. The van der Waals surface area contributed by atoms with Gasteiger partial charge in [0.05, 0.1) is 12.1 Å². The number of hydrogen-bond acceptors (Lipinski definition) is 6. The van der Waals surface area contributed by atoms with Crippen LogP contribution < -0.4 is 5.73 Å². The number of nitrogen functional groups attached to an aromatic ring is 1. The second-order valence-corrected chi connectivity index (χ2v) is 7.60. The zero-order chi connectivity index (χ0) is 14.5. The van der Waals surface area contributed by atoms with Crippen LogP contribution in [0.4, 0.5) is 5.82 Å².